The third kappa shape index (κ3) is 4.01. The van der Waals surface area contributed by atoms with Gasteiger partial charge in [-0.15, -0.1) is 11.8 Å². The Labute approximate surface area is 96.7 Å². The quantitative estimate of drug-likeness (QED) is 0.745. The van der Waals surface area contributed by atoms with Gasteiger partial charge in [0, 0.05) is 23.4 Å². The summed E-state index contributed by atoms with van der Waals surface area (Å²) >= 11 is 7.05. The Bertz CT molecular complexity index is 254. The highest BCUT2D eigenvalue weighted by Gasteiger charge is 2.26. The molecule has 1 heterocycles. The highest BCUT2D eigenvalue weighted by molar-refractivity contribution is 8.24. The van der Waals surface area contributed by atoms with Crippen molar-refractivity contribution in [2.24, 2.45) is 5.92 Å². The van der Waals surface area contributed by atoms with Crippen LogP contribution in [0.3, 0.4) is 0 Å². The van der Waals surface area contributed by atoms with Crippen molar-refractivity contribution < 1.29 is 0 Å². The van der Waals surface area contributed by atoms with E-state index in [2.05, 4.69) is 39.1 Å². The summed E-state index contributed by atoms with van der Waals surface area (Å²) < 4.78 is 1.26. The van der Waals surface area contributed by atoms with Gasteiger partial charge in [-0.1, -0.05) is 26.1 Å². The number of allylic oxidation sites excluding steroid dienone is 1. The lowest BCUT2D eigenvalue weighted by atomic mass is 10.1. The lowest BCUT2D eigenvalue weighted by Gasteiger charge is -2.30. The summed E-state index contributed by atoms with van der Waals surface area (Å²) in [5, 5.41) is 3.47. The minimum absolute atomic E-state index is 0.255. The summed E-state index contributed by atoms with van der Waals surface area (Å²) in [6.07, 6.45) is 3.19. The van der Waals surface area contributed by atoms with Crippen LogP contribution < -0.4 is 5.32 Å². The van der Waals surface area contributed by atoms with E-state index in [1.165, 1.54) is 5.70 Å². The first-order valence-electron chi connectivity index (χ1n) is 5.06. The summed E-state index contributed by atoms with van der Waals surface area (Å²) in [4.78, 5) is 0. The van der Waals surface area contributed by atoms with Crippen molar-refractivity contribution >= 4 is 28.2 Å². The van der Waals surface area contributed by atoms with E-state index in [0.717, 1.165) is 17.2 Å². The molecule has 0 saturated carbocycles. The molecule has 0 saturated heterocycles. The molecule has 0 aromatic rings. The molecule has 0 spiro atoms. The van der Waals surface area contributed by atoms with E-state index in [0.29, 0.717) is 5.92 Å². The average molecular weight is 229 g/mol. The molecular weight excluding hydrogens is 210 g/mol. The van der Waals surface area contributed by atoms with Gasteiger partial charge in [0.25, 0.3) is 0 Å². The molecule has 0 aromatic carbocycles. The predicted octanol–water partition coefficient (Wildman–Crippen LogP) is 3.36. The fourth-order valence-corrected chi connectivity index (χ4v) is 3.23. The molecule has 0 fully saturated rings. The van der Waals surface area contributed by atoms with E-state index < -0.39 is 0 Å². The maximum Gasteiger partial charge on any atom is 0.0728 e. The van der Waals surface area contributed by atoms with E-state index in [-0.39, 0.29) is 4.75 Å². The van der Waals surface area contributed by atoms with Gasteiger partial charge in [0.2, 0.25) is 0 Å². The van der Waals surface area contributed by atoms with Crippen LogP contribution in [0.2, 0.25) is 0 Å². The number of thiocarbonyl (C=S) groups is 1. The standard InChI is InChI=1S/C11H19NS2/c1-8(2)7-12-9-5-10(13)14-11(3,4)6-9/h5,8,12H,6-7H2,1-4H3. The molecule has 0 atom stereocenters. The molecule has 3 heteroatoms. The van der Waals surface area contributed by atoms with Crippen molar-refractivity contribution in [3.05, 3.63) is 11.8 Å². The highest BCUT2D eigenvalue weighted by atomic mass is 32.2. The Hall–Kier alpha value is -0.0200. The van der Waals surface area contributed by atoms with Crippen LogP contribution in [0.4, 0.5) is 0 Å². The Morgan fingerprint density at radius 2 is 2.21 bits per heavy atom. The lowest BCUT2D eigenvalue weighted by Crippen LogP contribution is -2.29. The second-order valence-electron chi connectivity index (χ2n) is 4.80. The molecule has 0 aliphatic carbocycles. The van der Waals surface area contributed by atoms with Crippen LogP contribution in [-0.4, -0.2) is 15.5 Å². The normalized spacial score (nSPS) is 20.9. The van der Waals surface area contributed by atoms with E-state index in [1.807, 2.05) is 0 Å². The van der Waals surface area contributed by atoms with Gasteiger partial charge in [-0.2, -0.15) is 0 Å². The first-order chi connectivity index (χ1) is 6.39. The van der Waals surface area contributed by atoms with Crippen molar-refractivity contribution in [3.8, 4) is 0 Å². The van der Waals surface area contributed by atoms with Crippen LogP contribution in [0.1, 0.15) is 34.1 Å². The Kier molecular flexibility index (Phi) is 4.02. The van der Waals surface area contributed by atoms with Crippen molar-refractivity contribution in [3.63, 3.8) is 0 Å². The number of thioether (sulfide) groups is 1. The zero-order valence-corrected chi connectivity index (χ0v) is 11.0. The summed E-state index contributed by atoms with van der Waals surface area (Å²) in [6.45, 7) is 9.96. The topological polar surface area (TPSA) is 12.0 Å². The van der Waals surface area contributed by atoms with Crippen molar-refractivity contribution in [1.82, 2.24) is 5.32 Å². The van der Waals surface area contributed by atoms with Crippen molar-refractivity contribution in [2.75, 3.05) is 6.54 Å². The smallest absolute Gasteiger partial charge is 0.0728 e. The molecule has 0 aromatic heterocycles. The number of nitrogens with one attached hydrogen (secondary N) is 1. The molecule has 1 rings (SSSR count). The lowest BCUT2D eigenvalue weighted by molar-refractivity contribution is 0.566. The molecule has 1 nitrogen and oxygen atoms in total. The molecule has 0 amide bonds. The fraction of sp³-hybridized carbons (Fsp3) is 0.727. The van der Waals surface area contributed by atoms with Gasteiger partial charge >= 0.3 is 0 Å². The molecule has 80 valence electrons. The zero-order valence-electron chi connectivity index (χ0n) is 9.39. The second-order valence-corrected chi connectivity index (χ2v) is 7.25. The SMILES string of the molecule is CC(C)CNC1=CC(=S)SC(C)(C)C1. The highest BCUT2D eigenvalue weighted by Crippen LogP contribution is 2.36. The molecular formula is C11H19NS2. The van der Waals surface area contributed by atoms with Crippen LogP contribution in [0, 0.1) is 5.92 Å². The second kappa shape index (κ2) is 4.67. The van der Waals surface area contributed by atoms with E-state index >= 15 is 0 Å². The minimum atomic E-state index is 0.255. The minimum Gasteiger partial charge on any atom is -0.388 e. The number of hydrogen-bond acceptors (Lipinski definition) is 3. The average Bonchev–Trinajstić information content (AvgIpc) is 1.96. The summed E-state index contributed by atoms with van der Waals surface area (Å²) in [7, 11) is 0. The summed E-state index contributed by atoms with van der Waals surface area (Å²) in [6, 6.07) is 0. The van der Waals surface area contributed by atoms with Gasteiger partial charge in [-0.3, -0.25) is 0 Å². The van der Waals surface area contributed by atoms with Crippen molar-refractivity contribution in [2.45, 2.75) is 38.9 Å². The van der Waals surface area contributed by atoms with Gasteiger partial charge in [-0.25, -0.2) is 0 Å². The van der Waals surface area contributed by atoms with Crippen LogP contribution in [0.15, 0.2) is 11.8 Å². The molecule has 1 aliphatic heterocycles. The summed E-state index contributed by atoms with van der Waals surface area (Å²) in [5.74, 6) is 0.683. The first kappa shape index (κ1) is 12.1. The molecule has 0 radical (unpaired) electrons. The van der Waals surface area contributed by atoms with E-state index in [1.54, 1.807) is 11.8 Å². The number of hydrogen-bond donors (Lipinski definition) is 1. The van der Waals surface area contributed by atoms with E-state index in [9.17, 15) is 0 Å². The Morgan fingerprint density at radius 3 is 2.71 bits per heavy atom. The molecule has 1 N–H and O–H groups in total. The van der Waals surface area contributed by atoms with Gasteiger partial charge in [-0.05, 0) is 25.8 Å². The van der Waals surface area contributed by atoms with Crippen LogP contribution in [-0.2, 0) is 0 Å². The number of rotatable bonds is 3. The molecule has 0 unspecified atom stereocenters. The first-order valence-corrected chi connectivity index (χ1v) is 6.29. The van der Waals surface area contributed by atoms with Gasteiger partial charge in [0.05, 0.1) is 4.20 Å². The fourth-order valence-electron chi connectivity index (χ4n) is 1.44. The van der Waals surface area contributed by atoms with Gasteiger partial charge in [0.1, 0.15) is 0 Å². The molecule has 0 bridgehead atoms. The van der Waals surface area contributed by atoms with Gasteiger partial charge < -0.3 is 5.32 Å². The maximum absolute atomic E-state index is 5.26. The Balaban J connectivity index is 2.56. The molecule has 14 heavy (non-hydrogen) atoms. The predicted molar refractivity (Wildman–Crippen MR) is 69.8 cm³/mol. The van der Waals surface area contributed by atoms with Crippen LogP contribution in [0.25, 0.3) is 0 Å². The maximum atomic E-state index is 5.26. The van der Waals surface area contributed by atoms with Crippen molar-refractivity contribution in [1.29, 1.82) is 0 Å². The Morgan fingerprint density at radius 1 is 1.57 bits per heavy atom. The third-order valence-electron chi connectivity index (χ3n) is 2.02. The van der Waals surface area contributed by atoms with E-state index in [4.69, 9.17) is 12.2 Å². The van der Waals surface area contributed by atoms with Gasteiger partial charge in [0.15, 0.2) is 0 Å². The molecule has 1 aliphatic rings. The van der Waals surface area contributed by atoms with Crippen LogP contribution >= 0.6 is 24.0 Å². The zero-order chi connectivity index (χ0) is 10.8. The summed E-state index contributed by atoms with van der Waals surface area (Å²) in [5.41, 5.74) is 1.30. The monoisotopic (exact) mass is 229 g/mol. The van der Waals surface area contributed by atoms with Crippen LogP contribution in [0.5, 0.6) is 0 Å². The largest absolute Gasteiger partial charge is 0.388 e. The third-order valence-corrected chi connectivity index (χ3v) is 3.41.